The molecule has 1 aliphatic rings. The Bertz CT molecular complexity index is 936. The summed E-state index contributed by atoms with van der Waals surface area (Å²) >= 11 is 6.15. The number of anilines is 2. The van der Waals surface area contributed by atoms with Gasteiger partial charge in [0.1, 0.15) is 11.5 Å². The summed E-state index contributed by atoms with van der Waals surface area (Å²) in [5, 5.41) is 7.23. The highest BCUT2D eigenvalue weighted by molar-refractivity contribution is 6.33. The van der Waals surface area contributed by atoms with E-state index >= 15 is 0 Å². The topological polar surface area (TPSA) is 80.5 Å². The molecule has 1 N–H and O–H groups in total. The lowest BCUT2D eigenvalue weighted by molar-refractivity contribution is 0.0988. The van der Waals surface area contributed by atoms with Gasteiger partial charge in [0.15, 0.2) is 0 Å². The first-order valence-electron chi connectivity index (χ1n) is 8.52. The maximum Gasteiger partial charge on any atom is 0.294 e. The Labute approximate surface area is 160 Å². The number of nitrogens with one attached hydrogen (secondary N) is 1. The van der Waals surface area contributed by atoms with Crippen LogP contribution in [-0.2, 0) is 4.74 Å². The van der Waals surface area contributed by atoms with Gasteiger partial charge < -0.3 is 19.5 Å². The molecule has 1 aromatic carbocycles. The summed E-state index contributed by atoms with van der Waals surface area (Å²) in [6.07, 6.45) is 1.62. The Morgan fingerprint density at radius 2 is 1.96 bits per heavy atom. The number of pyridine rings is 1. The lowest BCUT2D eigenvalue weighted by Crippen LogP contribution is -2.36. The maximum absolute atomic E-state index is 12.4. The summed E-state index contributed by atoms with van der Waals surface area (Å²) in [5.74, 6) is 0.556. The van der Waals surface area contributed by atoms with Crippen LogP contribution in [0.3, 0.4) is 0 Å². The smallest absolute Gasteiger partial charge is 0.294 e. The number of amides is 1. The minimum atomic E-state index is -0.401. The van der Waals surface area contributed by atoms with Gasteiger partial charge in [-0.25, -0.2) is 4.98 Å². The molecule has 7 nitrogen and oxygen atoms in total. The van der Waals surface area contributed by atoms with Gasteiger partial charge in [-0.1, -0.05) is 35.0 Å². The molecule has 0 radical (unpaired) electrons. The van der Waals surface area contributed by atoms with Gasteiger partial charge >= 0.3 is 0 Å². The van der Waals surface area contributed by atoms with E-state index < -0.39 is 5.91 Å². The van der Waals surface area contributed by atoms with Gasteiger partial charge in [-0.05, 0) is 18.2 Å². The van der Waals surface area contributed by atoms with Gasteiger partial charge in [0, 0.05) is 24.7 Å². The van der Waals surface area contributed by atoms with Gasteiger partial charge in [0.05, 0.1) is 30.1 Å². The number of benzene rings is 1. The molecule has 3 aromatic rings. The number of nitrogens with zero attached hydrogens (tertiary/aromatic N) is 3. The lowest BCUT2D eigenvalue weighted by Gasteiger charge is -2.27. The Morgan fingerprint density at radius 3 is 2.70 bits per heavy atom. The summed E-state index contributed by atoms with van der Waals surface area (Å²) in [7, 11) is 0. The van der Waals surface area contributed by atoms with Crippen LogP contribution >= 0.6 is 11.6 Å². The number of aromatic nitrogens is 2. The molecule has 1 amide bonds. The molecular weight excluding hydrogens is 368 g/mol. The molecule has 138 valence electrons. The average Bonchev–Trinajstić information content (AvgIpc) is 3.20. The Balaban J connectivity index is 1.44. The first-order valence-corrected chi connectivity index (χ1v) is 8.90. The Kier molecular flexibility index (Phi) is 5.04. The first-order chi connectivity index (χ1) is 13.2. The second kappa shape index (κ2) is 7.77. The van der Waals surface area contributed by atoms with Crippen LogP contribution in [-0.4, -0.2) is 42.4 Å². The number of hydrogen-bond donors (Lipinski definition) is 1. The molecule has 0 spiro atoms. The minimum absolute atomic E-state index is 0.0992. The van der Waals surface area contributed by atoms with Crippen molar-refractivity contribution in [1.29, 1.82) is 0 Å². The van der Waals surface area contributed by atoms with E-state index in [1.807, 2.05) is 24.3 Å². The SMILES string of the molecule is O=C(Nc1ccc(N2CCOCC2)nc1)c1cc(-c2ccccc2Cl)no1. The van der Waals surface area contributed by atoms with Crippen LogP contribution in [0.1, 0.15) is 10.6 Å². The predicted octanol–water partition coefficient (Wildman–Crippen LogP) is 3.48. The highest BCUT2D eigenvalue weighted by atomic mass is 35.5. The molecular formula is C19H17ClN4O3. The fourth-order valence-corrected chi connectivity index (χ4v) is 3.04. The summed E-state index contributed by atoms with van der Waals surface area (Å²) in [5.41, 5.74) is 1.79. The van der Waals surface area contributed by atoms with Gasteiger partial charge in [-0.2, -0.15) is 0 Å². The van der Waals surface area contributed by atoms with E-state index in [0.29, 0.717) is 35.2 Å². The Hall–Kier alpha value is -2.90. The van der Waals surface area contributed by atoms with Crippen LogP contribution in [0.2, 0.25) is 5.02 Å². The summed E-state index contributed by atoms with van der Waals surface area (Å²) < 4.78 is 10.5. The number of carbonyl (C=O) groups excluding carboxylic acids is 1. The van der Waals surface area contributed by atoms with Crippen molar-refractivity contribution in [2.24, 2.45) is 0 Å². The molecule has 3 heterocycles. The summed E-state index contributed by atoms with van der Waals surface area (Å²) in [6.45, 7) is 3.00. The third-order valence-electron chi connectivity index (χ3n) is 4.22. The molecule has 0 atom stereocenters. The quantitative estimate of drug-likeness (QED) is 0.741. The second-order valence-corrected chi connectivity index (χ2v) is 6.42. The zero-order valence-corrected chi connectivity index (χ0v) is 15.1. The van der Waals surface area contributed by atoms with Gasteiger partial charge in [0.2, 0.25) is 5.76 Å². The van der Waals surface area contributed by atoms with E-state index in [1.165, 1.54) is 0 Å². The van der Waals surface area contributed by atoms with E-state index in [2.05, 4.69) is 20.4 Å². The monoisotopic (exact) mass is 384 g/mol. The first kappa shape index (κ1) is 17.5. The van der Waals surface area contributed by atoms with Crippen molar-refractivity contribution in [3.05, 3.63) is 59.4 Å². The van der Waals surface area contributed by atoms with Crippen molar-refractivity contribution < 1.29 is 14.1 Å². The van der Waals surface area contributed by atoms with Crippen LogP contribution < -0.4 is 10.2 Å². The molecule has 1 aliphatic heterocycles. The van der Waals surface area contributed by atoms with Crippen LogP contribution in [0.4, 0.5) is 11.5 Å². The molecule has 0 saturated carbocycles. The number of morpholine rings is 1. The molecule has 8 heteroatoms. The van der Waals surface area contributed by atoms with Crippen molar-refractivity contribution in [2.45, 2.75) is 0 Å². The molecule has 0 unspecified atom stereocenters. The normalized spacial score (nSPS) is 14.2. The molecule has 4 rings (SSSR count). The largest absolute Gasteiger partial charge is 0.378 e. The van der Waals surface area contributed by atoms with E-state index in [9.17, 15) is 4.79 Å². The van der Waals surface area contributed by atoms with Crippen molar-refractivity contribution in [3.8, 4) is 11.3 Å². The number of halogens is 1. The van der Waals surface area contributed by atoms with E-state index in [4.69, 9.17) is 20.9 Å². The molecule has 1 saturated heterocycles. The van der Waals surface area contributed by atoms with Crippen molar-refractivity contribution in [1.82, 2.24) is 10.1 Å². The molecule has 0 bridgehead atoms. The third kappa shape index (κ3) is 3.94. The predicted molar refractivity (Wildman–Crippen MR) is 102 cm³/mol. The zero-order chi connectivity index (χ0) is 18.6. The van der Waals surface area contributed by atoms with Crippen molar-refractivity contribution in [2.75, 3.05) is 36.5 Å². The third-order valence-corrected chi connectivity index (χ3v) is 4.55. The molecule has 0 aliphatic carbocycles. The van der Waals surface area contributed by atoms with E-state index in [1.54, 1.807) is 24.4 Å². The minimum Gasteiger partial charge on any atom is -0.378 e. The Morgan fingerprint density at radius 1 is 1.15 bits per heavy atom. The standard InChI is InChI=1S/C19H17ClN4O3/c20-15-4-2-1-3-14(15)16-11-17(27-23-16)19(25)22-13-5-6-18(21-12-13)24-7-9-26-10-8-24/h1-6,11-12H,7-10H2,(H,22,25). The number of ether oxygens (including phenoxy) is 1. The van der Waals surface area contributed by atoms with Crippen molar-refractivity contribution in [3.63, 3.8) is 0 Å². The van der Waals surface area contributed by atoms with E-state index in [0.717, 1.165) is 18.9 Å². The fraction of sp³-hybridized carbons (Fsp3) is 0.211. The van der Waals surface area contributed by atoms with Gasteiger partial charge in [0.25, 0.3) is 5.91 Å². The second-order valence-electron chi connectivity index (χ2n) is 6.01. The molecule has 1 fully saturated rings. The van der Waals surface area contributed by atoms with Crippen LogP contribution in [0.15, 0.2) is 53.2 Å². The van der Waals surface area contributed by atoms with Gasteiger partial charge in [-0.3, -0.25) is 4.79 Å². The van der Waals surface area contributed by atoms with Crippen LogP contribution in [0.25, 0.3) is 11.3 Å². The van der Waals surface area contributed by atoms with Gasteiger partial charge in [-0.15, -0.1) is 0 Å². The van der Waals surface area contributed by atoms with E-state index in [-0.39, 0.29) is 5.76 Å². The highest BCUT2D eigenvalue weighted by Crippen LogP contribution is 2.27. The number of rotatable bonds is 4. The molecule has 2 aromatic heterocycles. The highest BCUT2D eigenvalue weighted by Gasteiger charge is 2.16. The van der Waals surface area contributed by atoms with Crippen LogP contribution in [0, 0.1) is 0 Å². The number of hydrogen-bond acceptors (Lipinski definition) is 6. The lowest BCUT2D eigenvalue weighted by atomic mass is 10.1. The average molecular weight is 385 g/mol. The van der Waals surface area contributed by atoms with Crippen LogP contribution in [0.5, 0.6) is 0 Å². The maximum atomic E-state index is 12.4. The zero-order valence-electron chi connectivity index (χ0n) is 14.4. The van der Waals surface area contributed by atoms with Crippen molar-refractivity contribution >= 4 is 29.0 Å². The number of carbonyl (C=O) groups is 1. The summed E-state index contributed by atoms with van der Waals surface area (Å²) in [6, 6.07) is 12.5. The molecule has 27 heavy (non-hydrogen) atoms. The fourth-order valence-electron chi connectivity index (χ4n) is 2.81. The summed E-state index contributed by atoms with van der Waals surface area (Å²) in [4.78, 5) is 18.9.